The molecule has 31 heavy (non-hydrogen) atoms. The molecule has 0 bridgehead atoms. The molecule has 1 fully saturated rings. The van der Waals surface area contributed by atoms with E-state index in [-0.39, 0.29) is 12.5 Å². The van der Waals surface area contributed by atoms with Crippen LogP contribution >= 0.6 is 15.9 Å². The van der Waals surface area contributed by atoms with E-state index in [1.54, 1.807) is 0 Å². The number of fused-ring (bicyclic) bond motifs is 3. The third kappa shape index (κ3) is 3.42. The number of halogens is 1. The van der Waals surface area contributed by atoms with Gasteiger partial charge in [-0.2, -0.15) is 0 Å². The Hall–Kier alpha value is -2.44. The van der Waals surface area contributed by atoms with Gasteiger partial charge >= 0.3 is 0 Å². The minimum atomic E-state index is -0.456. The molecule has 5 rings (SSSR count). The summed E-state index contributed by atoms with van der Waals surface area (Å²) >= 11 is 3.55. The van der Waals surface area contributed by atoms with E-state index in [4.69, 9.17) is 0 Å². The number of aromatic nitrogens is 2. The Bertz CT molecular complexity index is 1090. The van der Waals surface area contributed by atoms with Gasteiger partial charge in [0.1, 0.15) is 5.82 Å². The van der Waals surface area contributed by atoms with E-state index in [1.807, 2.05) is 23.4 Å². The second-order valence-corrected chi connectivity index (χ2v) is 9.46. The molecular weight excluding hydrogens is 454 g/mol. The zero-order valence-electron chi connectivity index (χ0n) is 17.4. The van der Waals surface area contributed by atoms with Crippen LogP contribution in [-0.2, 0) is 10.3 Å². The lowest BCUT2D eigenvalue weighted by atomic mass is 9.79. The lowest BCUT2D eigenvalue weighted by Gasteiger charge is -2.35. The summed E-state index contributed by atoms with van der Waals surface area (Å²) in [5.41, 5.74) is 3.04. The first-order valence-corrected chi connectivity index (χ1v) is 11.7. The Labute approximate surface area is 190 Å². The molecule has 0 saturated carbocycles. The highest BCUT2D eigenvalue weighted by Gasteiger charge is 2.45. The predicted molar refractivity (Wildman–Crippen MR) is 124 cm³/mol. The highest BCUT2D eigenvalue weighted by molar-refractivity contribution is 9.10. The standard InChI is InChI=1S/C25H26BrN3O2/c26-20-7-5-19(6-8-20)25(12-9-23(31)28-14-10-18(17-30)11-15-28)22-4-2-1-3-21(22)24-27-13-16-29(24)25/h1-8,13,16,18,30H,9-12,14-15,17H2. The highest BCUT2D eigenvalue weighted by Crippen LogP contribution is 2.49. The van der Waals surface area contributed by atoms with Gasteiger partial charge in [0.15, 0.2) is 0 Å². The van der Waals surface area contributed by atoms with Crippen LogP contribution in [0.3, 0.4) is 0 Å². The second-order valence-electron chi connectivity index (χ2n) is 8.54. The van der Waals surface area contributed by atoms with Gasteiger partial charge in [0, 0.05) is 48.5 Å². The Kier molecular flexibility index (Phi) is 5.44. The molecule has 5 nitrogen and oxygen atoms in total. The SMILES string of the molecule is O=C(CCC1(c2ccc(Br)cc2)c2ccccc2-c2nccn21)N1CCC(CO)CC1. The van der Waals surface area contributed by atoms with Gasteiger partial charge in [-0.05, 0) is 48.4 Å². The molecule has 2 aromatic carbocycles. The fourth-order valence-electron chi connectivity index (χ4n) is 5.21. The number of aliphatic hydroxyl groups is 1. The minimum absolute atomic E-state index is 0.193. The summed E-state index contributed by atoms with van der Waals surface area (Å²) in [6.45, 7) is 1.69. The number of piperidine rings is 1. The molecule has 3 aromatic rings. The van der Waals surface area contributed by atoms with Crippen LogP contribution in [-0.4, -0.2) is 45.2 Å². The molecule has 1 N–H and O–H groups in total. The summed E-state index contributed by atoms with van der Waals surface area (Å²) in [6, 6.07) is 16.8. The average Bonchev–Trinajstić information content (AvgIpc) is 3.39. The molecule has 1 atom stereocenters. The molecule has 1 saturated heterocycles. The first kappa shape index (κ1) is 20.5. The fraction of sp³-hybridized carbons (Fsp3) is 0.360. The van der Waals surface area contributed by atoms with Gasteiger partial charge in [0.2, 0.25) is 5.91 Å². The number of carbonyl (C=O) groups is 1. The van der Waals surface area contributed by atoms with E-state index in [9.17, 15) is 9.90 Å². The van der Waals surface area contributed by atoms with Crippen LogP contribution < -0.4 is 0 Å². The molecule has 1 unspecified atom stereocenters. The van der Waals surface area contributed by atoms with Gasteiger partial charge in [-0.3, -0.25) is 4.79 Å². The van der Waals surface area contributed by atoms with Crippen molar-refractivity contribution in [2.75, 3.05) is 19.7 Å². The molecule has 160 valence electrons. The number of aliphatic hydroxyl groups excluding tert-OH is 1. The maximum absolute atomic E-state index is 13.2. The molecule has 1 amide bonds. The summed E-state index contributed by atoms with van der Waals surface area (Å²) in [7, 11) is 0. The summed E-state index contributed by atoms with van der Waals surface area (Å²) in [5.74, 6) is 1.47. The van der Waals surface area contributed by atoms with E-state index in [1.165, 1.54) is 5.56 Å². The lowest BCUT2D eigenvalue weighted by Crippen LogP contribution is -2.41. The van der Waals surface area contributed by atoms with Gasteiger partial charge in [-0.1, -0.05) is 52.3 Å². The Morgan fingerprint density at radius 1 is 1.13 bits per heavy atom. The molecule has 2 aliphatic rings. The molecule has 2 aliphatic heterocycles. The van der Waals surface area contributed by atoms with Gasteiger partial charge in [0.05, 0.1) is 5.54 Å². The fourth-order valence-corrected chi connectivity index (χ4v) is 5.47. The van der Waals surface area contributed by atoms with Crippen molar-refractivity contribution in [3.63, 3.8) is 0 Å². The van der Waals surface area contributed by atoms with Crippen molar-refractivity contribution in [3.8, 4) is 11.4 Å². The molecule has 0 spiro atoms. The number of nitrogens with zero attached hydrogens (tertiary/aromatic N) is 3. The zero-order valence-corrected chi connectivity index (χ0v) is 19.0. The van der Waals surface area contributed by atoms with E-state index >= 15 is 0 Å². The topological polar surface area (TPSA) is 58.4 Å². The third-order valence-electron chi connectivity index (χ3n) is 6.91. The Balaban J connectivity index is 1.50. The normalized spacial score (nSPS) is 20.5. The molecule has 0 aliphatic carbocycles. The number of amides is 1. The zero-order chi connectivity index (χ0) is 21.4. The van der Waals surface area contributed by atoms with Gasteiger partial charge in [-0.25, -0.2) is 4.98 Å². The third-order valence-corrected chi connectivity index (χ3v) is 7.44. The van der Waals surface area contributed by atoms with Gasteiger partial charge < -0.3 is 14.6 Å². The van der Waals surface area contributed by atoms with Gasteiger partial charge in [0.25, 0.3) is 0 Å². The van der Waals surface area contributed by atoms with Crippen LogP contribution in [0.4, 0.5) is 0 Å². The van der Waals surface area contributed by atoms with Crippen molar-refractivity contribution >= 4 is 21.8 Å². The highest BCUT2D eigenvalue weighted by atomic mass is 79.9. The number of benzene rings is 2. The molecular formula is C25H26BrN3O2. The van der Waals surface area contributed by atoms with E-state index in [0.29, 0.717) is 18.8 Å². The van der Waals surface area contributed by atoms with Crippen molar-refractivity contribution in [2.24, 2.45) is 5.92 Å². The largest absolute Gasteiger partial charge is 0.396 e. The lowest BCUT2D eigenvalue weighted by molar-refractivity contribution is -0.133. The Morgan fingerprint density at radius 3 is 2.61 bits per heavy atom. The second kappa shape index (κ2) is 8.24. The van der Waals surface area contributed by atoms with Crippen molar-refractivity contribution in [1.82, 2.24) is 14.5 Å². The van der Waals surface area contributed by atoms with Crippen LogP contribution in [0.15, 0.2) is 65.4 Å². The Morgan fingerprint density at radius 2 is 1.87 bits per heavy atom. The average molecular weight is 480 g/mol. The number of rotatable bonds is 5. The number of hydrogen-bond donors (Lipinski definition) is 1. The first-order chi connectivity index (χ1) is 15.1. The van der Waals surface area contributed by atoms with Crippen molar-refractivity contribution in [1.29, 1.82) is 0 Å². The molecule has 3 heterocycles. The van der Waals surface area contributed by atoms with Crippen molar-refractivity contribution < 1.29 is 9.90 Å². The van der Waals surface area contributed by atoms with E-state index in [0.717, 1.165) is 47.4 Å². The quantitative estimate of drug-likeness (QED) is 0.588. The first-order valence-electron chi connectivity index (χ1n) is 10.9. The molecule has 0 radical (unpaired) electrons. The van der Waals surface area contributed by atoms with Crippen molar-refractivity contribution in [3.05, 3.63) is 76.5 Å². The van der Waals surface area contributed by atoms with E-state index in [2.05, 4.69) is 67.9 Å². The molecule has 6 heteroatoms. The molecule has 1 aromatic heterocycles. The summed E-state index contributed by atoms with van der Waals surface area (Å²) < 4.78 is 3.28. The predicted octanol–water partition coefficient (Wildman–Crippen LogP) is 4.43. The minimum Gasteiger partial charge on any atom is -0.396 e. The van der Waals surface area contributed by atoms with Crippen LogP contribution in [0.1, 0.15) is 36.8 Å². The van der Waals surface area contributed by atoms with Gasteiger partial charge in [-0.15, -0.1) is 0 Å². The van der Waals surface area contributed by atoms with Crippen LogP contribution in [0.5, 0.6) is 0 Å². The number of carbonyl (C=O) groups excluding carboxylic acids is 1. The maximum atomic E-state index is 13.2. The van der Waals surface area contributed by atoms with Crippen LogP contribution in [0.2, 0.25) is 0 Å². The summed E-state index contributed by atoms with van der Waals surface area (Å²) in [4.78, 5) is 19.8. The summed E-state index contributed by atoms with van der Waals surface area (Å²) in [6.07, 6.45) is 6.79. The summed E-state index contributed by atoms with van der Waals surface area (Å²) in [5, 5.41) is 9.39. The monoisotopic (exact) mass is 479 g/mol. The van der Waals surface area contributed by atoms with Crippen LogP contribution in [0.25, 0.3) is 11.4 Å². The number of imidazole rings is 1. The maximum Gasteiger partial charge on any atom is 0.222 e. The van der Waals surface area contributed by atoms with Crippen molar-refractivity contribution in [2.45, 2.75) is 31.2 Å². The van der Waals surface area contributed by atoms with E-state index < -0.39 is 5.54 Å². The van der Waals surface area contributed by atoms with Crippen LogP contribution in [0, 0.1) is 5.92 Å². The smallest absolute Gasteiger partial charge is 0.222 e. The number of hydrogen-bond acceptors (Lipinski definition) is 3. The number of likely N-dealkylation sites (tertiary alicyclic amines) is 1.